The molecular weight excluding hydrogens is 520 g/mol. The van der Waals surface area contributed by atoms with Crippen molar-refractivity contribution < 1.29 is 22.7 Å². The van der Waals surface area contributed by atoms with Crippen molar-refractivity contribution in [2.45, 2.75) is 18.4 Å². The molecule has 4 aromatic rings. The molecular formula is C28H28N4O6S. The van der Waals surface area contributed by atoms with E-state index in [4.69, 9.17) is 9.47 Å². The Bertz CT molecular complexity index is 1640. The summed E-state index contributed by atoms with van der Waals surface area (Å²) in [6.45, 7) is 1.19. The Morgan fingerprint density at radius 1 is 0.974 bits per heavy atom. The van der Waals surface area contributed by atoms with Gasteiger partial charge in [0.1, 0.15) is 22.2 Å². The van der Waals surface area contributed by atoms with Crippen LogP contribution in [-0.4, -0.2) is 49.4 Å². The highest BCUT2D eigenvalue weighted by molar-refractivity contribution is 7.89. The first-order chi connectivity index (χ1) is 18.7. The molecule has 0 aliphatic rings. The van der Waals surface area contributed by atoms with Gasteiger partial charge in [0.2, 0.25) is 15.9 Å². The maximum absolute atomic E-state index is 13.8. The number of anilines is 1. The lowest BCUT2D eigenvalue weighted by Crippen LogP contribution is -2.37. The Balaban J connectivity index is 1.64. The van der Waals surface area contributed by atoms with E-state index in [9.17, 15) is 18.0 Å². The minimum absolute atomic E-state index is 0.0502. The van der Waals surface area contributed by atoms with E-state index in [0.717, 1.165) is 4.31 Å². The summed E-state index contributed by atoms with van der Waals surface area (Å²) in [7, 11) is -1.40. The van der Waals surface area contributed by atoms with Crippen LogP contribution in [-0.2, 0) is 21.4 Å². The van der Waals surface area contributed by atoms with Gasteiger partial charge in [0.05, 0.1) is 20.8 Å². The number of aromatic amines is 1. The monoisotopic (exact) mass is 548 g/mol. The highest BCUT2D eigenvalue weighted by atomic mass is 32.2. The van der Waals surface area contributed by atoms with Gasteiger partial charge in [0.15, 0.2) is 0 Å². The molecule has 3 aromatic carbocycles. The quantitative estimate of drug-likeness (QED) is 0.310. The number of aryl methyl sites for hydroxylation is 1. The zero-order chi connectivity index (χ0) is 28.0. The number of nitrogens with zero attached hydrogens (tertiary/aromatic N) is 2. The van der Waals surface area contributed by atoms with Crippen LogP contribution in [0.3, 0.4) is 0 Å². The maximum Gasteiger partial charge on any atom is 0.251 e. The number of aromatic nitrogens is 2. The van der Waals surface area contributed by atoms with Crippen LogP contribution in [0.1, 0.15) is 11.3 Å². The van der Waals surface area contributed by atoms with Crippen LogP contribution in [0.4, 0.5) is 5.69 Å². The van der Waals surface area contributed by atoms with E-state index in [-0.39, 0.29) is 22.7 Å². The molecule has 0 fully saturated rings. The molecule has 0 bridgehead atoms. The number of sulfonamides is 1. The third kappa shape index (κ3) is 6.70. The van der Waals surface area contributed by atoms with Gasteiger partial charge < -0.3 is 19.8 Å². The van der Waals surface area contributed by atoms with Gasteiger partial charge in [-0.3, -0.25) is 9.59 Å². The molecule has 202 valence electrons. The van der Waals surface area contributed by atoms with Crippen molar-refractivity contribution in [1.82, 2.24) is 14.3 Å². The van der Waals surface area contributed by atoms with Gasteiger partial charge in [-0.1, -0.05) is 42.5 Å². The van der Waals surface area contributed by atoms with E-state index in [0.29, 0.717) is 34.1 Å². The Morgan fingerprint density at radius 2 is 1.74 bits per heavy atom. The molecule has 10 nitrogen and oxygen atoms in total. The molecule has 11 heteroatoms. The van der Waals surface area contributed by atoms with E-state index in [1.807, 2.05) is 6.07 Å². The number of carbonyl (C=O) groups is 1. The summed E-state index contributed by atoms with van der Waals surface area (Å²) in [5.41, 5.74) is 1.97. The van der Waals surface area contributed by atoms with E-state index in [1.54, 1.807) is 61.5 Å². The van der Waals surface area contributed by atoms with Gasteiger partial charge in [-0.15, -0.1) is 0 Å². The molecule has 0 saturated carbocycles. The largest absolute Gasteiger partial charge is 0.497 e. The highest BCUT2D eigenvalue weighted by Gasteiger charge is 2.30. The van der Waals surface area contributed by atoms with Crippen molar-refractivity contribution >= 4 is 21.6 Å². The minimum Gasteiger partial charge on any atom is -0.497 e. The van der Waals surface area contributed by atoms with Crippen molar-refractivity contribution in [2.24, 2.45) is 0 Å². The van der Waals surface area contributed by atoms with Gasteiger partial charge in [-0.25, -0.2) is 13.4 Å². The predicted molar refractivity (Wildman–Crippen MR) is 147 cm³/mol. The van der Waals surface area contributed by atoms with Gasteiger partial charge in [-0.2, -0.15) is 4.31 Å². The molecule has 0 unspecified atom stereocenters. The fourth-order valence-corrected chi connectivity index (χ4v) is 5.51. The number of rotatable bonds is 10. The van der Waals surface area contributed by atoms with Crippen LogP contribution in [0.5, 0.6) is 11.5 Å². The third-order valence-electron chi connectivity index (χ3n) is 5.80. The second-order valence-electron chi connectivity index (χ2n) is 8.64. The molecule has 1 amide bonds. The van der Waals surface area contributed by atoms with E-state index < -0.39 is 22.5 Å². The third-order valence-corrected chi connectivity index (χ3v) is 7.61. The molecule has 1 aromatic heterocycles. The van der Waals surface area contributed by atoms with Crippen molar-refractivity contribution in [3.05, 3.63) is 100 Å². The number of amides is 1. The highest BCUT2D eigenvalue weighted by Crippen LogP contribution is 2.31. The number of ether oxygens (including phenoxy) is 2. The molecule has 0 aliphatic carbocycles. The number of carbonyl (C=O) groups excluding carboxylic acids is 1. The molecule has 0 radical (unpaired) electrons. The number of hydrogen-bond acceptors (Lipinski definition) is 7. The van der Waals surface area contributed by atoms with E-state index in [1.165, 1.54) is 32.4 Å². The Kier molecular flexibility index (Phi) is 8.43. The van der Waals surface area contributed by atoms with Crippen molar-refractivity contribution in [3.63, 3.8) is 0 Å². The first-order valence-electron chi connectivity index (χ1n) is 11.9. The molecule has 2 N–H and O–H groups in total. The fourth-order valence-electron chi connectivity index (χ4n) is 3.96. The minimum atomic E-state index is -4.20. The van der Waals surface area contributed by atoms with Gasteiger partial charge in [0, 0.05) is 35.6 Å². The number of methoxy groups -OCH3 is 2. The van der Waals surface area contributed by atoms with Crippen LogP contribution in [0.25, 0.3) is 11.4 Å². The Morgan fingerprint density at radius 3 is 2.44 bits per heavy atom. The van der Waals surface area contributed by atoms with E-state index >= 15 is 0 Å². The standard InChI is InChI=1S/C28H28N4O6S/c1-19-14-26(33)31-28(29-19)21-10-7-11-22(15-21)30-27(34)18-32(17-20-8-5-4-6-9-20)39(35,36)25-16-23(37-2)12-13-24(25)38-3/h4-16H,17-18H2,1-3H3,(H,30,34)(H,29,31,33). The summed E-state index contributed by atoms with van der Waals surface area (Å²) in [5.74, 6) is 0.258. The summed E-state index contributed by atoms with van der Waals surface area (Å²) in [4.78, 5) is 31.9. The number of hydrogen-bond donors (Lipinski definition) is 2. The second kappa shape index (κ2) is 11.9. The smallest absolute Gasteiger partial charge is 0.251 e. The van der Waals surface area contributed by atoms with Crippen LogP contribution < -0.4 is 20.3 Å². The number of H-pyrrole nitrogens is 1. The lowest BCUT2D eigenvalue weighted by Gasteiger charge is -2.23. The fraction of sp³-hybridized carbons (Fsp3) is 0.179. The van der Waals surface area contributed by atoms with Crippen LogP contribution in [0.15, 0.2) is 88.6 Å². The maximum atomic E-state index is 13.8. The zero-order valence-electron chi connectivity index (χ0n) is 21.7. The number of nitrogens with one attached hydrogen (secondary N) is 2. The Hall–Kier alpha value is -4.48. The topological polar surface area (TPSA) is 131 Å². The van der Waals surface area contributed by atoms with Crippen molar-refractivity contribution in [2.75, 3.05) is 26.1 Å². The van der Waals surface area contributed by atoms with Gasteiger partial charge in [0.25, 0.3) is 5.56 Å². The average molecular weight is 549 g/mol. The molecule has 0 spiro atoms. The molecule has 0 atom stereocenters. The lowest BCUT2D eigenvalue weighted by molar-refractivity contribution is -0.116. The summed E-state index contributed by atoms with van der Waals surface area (Å²) in [5, 5.41) is 2.75. The second-order valence-corrected chi connectivity index (χ2v) is 10.5. The average Bonchev–Trinajstić information content (AvgIpc) is 2.92. The molecule has 1 heterocycles. The van der Waals surface area contributed by atoms with Crippen LogP contribution >= 0.6 is 0 Å². The van der Waals surface area contributed by atoms with Crippen LogP contribution in [0, 0.1) is 6.92 Å². The summed E-state index contributed by atoms with van der Waals surface area (Å²) >= 11 is 0. The van der Waals surface area contributed by atoms with Gasteiger partial charge >= 0.3 is 0 Å². The molecule has 0 aliphatic heterocycles. The summed E-state index contributed by atoms with van der Waals surface area (Å²) in [6.07, 6.45) is 0. The zero-order valence-corrected chi connectivity index (χ0v) is 22.5. The first kappa shape index (κ1) is 27.6. The summed E-state index contributed by atoms with van der Waals surface area (Å²) in [6, 6.07) is 21.6. The first-order valence-corrected chi connectivity index (χ1v) is 13.4. The number of benzene rings is 3. The SMILES string of the molecule is COc1ccc(OC)c(S(=O)(=O)N(CC(=O)Nc2cccc(-c3nc(C)cc(=O)[nH]3)c2)Cc2ccccc2)c1. The summed E-state index contributed by atoms with van der Waals surface area (Å²) < 4.78 is 39.3. The normalized spacial score (nSPS) is 11.3. The van der Waals surface area contributed by atoms with Crippen molar-refractivity contribution in [3.8, 4) is 22.9 Å². The lowest BCUT2D eigenvalue weighted by atomic mass is 10.2. The molecule has 0 saturated heterocycles. The van der Waals surface area contributed by atoms with E-state index in [2.05, 4.69) is 15.3 Å². The van der Waals surface area contributed by atoms with Crippen molar-refractivity contribution in [1.29, 1.82) is 0 Å². The van der Waals surface area contributed by atoms with Gasteiger partial charge in [-0.05, 0) is 36.8 Å². The molecule has 4 rings (SSSR count). The molecule has 39 heavy (non-hydrogen) atoms. The Labute approximate surface area is 226 Å². The van der Waals surface area contributed by atoms with Crippen LogP contribution in [0.2, 0.25) is 0 Å². The predicted octanol–water partition coefficient (Wildman–Crippen LogP) is 3.59.